The lowest BCUT2D eigenvalue weighted by atomic mass is 10.6. The molecule has 0 bridgehead atoms. The molecule has 7 heavy (non-hydrogen) atoms. The number of rotatable bonds is 1. The Morgan fingerprint density at radius 2 is 2.57 bits per heavy atom. The van der Waals surface area contributed by atoms with Crippen LogP contribution in [-0.2, 0) is 4.43 Å². The summed E-state index contributed by atoms with van der Waals surface area (Å²) < 4.78 is 4.73. The molecule has 0 heterocycles. The van der Waals surface area contributed by atoms with Crippen LogP contribution in [0.1, 0.15) is 6.42 Å². The van der Waals surface area contributed by atoms with E-state index in [-0.39, 0.29) is 0 Å². The first-order valence-electron chi connectivity index (χ1n) is 2.03. The summed E-state index contributed by atoms with van der Waals surface area (Å²) in [5.41, 5.74) is 3.01. The summed E-state index contributed by atoms with van der Waals surface area (Å²) in [4.78, 5) is 0. The molecule has 0 aromatic carbocycles. The average molecular weight is 132 g/mol. The van der Waals surface area contributed by atoms with E-state index >= 15 is 0 Å². The second kappa shape index (κ2) is 6.15. The molecule has 0 saturated carbocycles. The van der Waals surface area contributed by atoms with Crippen molar-refractivity contribution in [2.45, 2.75) is 6.42 Å². The minimum atomic E-state index is 0.423. The zero-order valence-electron chi connectivity index (χ0n) is 4.27. The van der Waals surface area contributed by atoms with Gasteiger partial charge in [-0.25, -0.2) is 0 Å². The van der Waals surface area contributed by atoms with E-state index in [9.17, 15) is 0 Å². The van der Waals surface area contributed by atoms with Crippen molar-refractivity contribution in [3.63, 3.8) is 0 Å². The van der Waals surface area contributed by atoms with E-state index in [2.05, 4.69) is 18.1 Å². The summed E-state index contributed by atoms with van der Waals surface area (Å²) in [7, 11) is 2.09. The number of thiol groups is 1. The molecule has 0 fully saturated rings. The first-order valence-corrected chi connectivity index (χ1v) is 3.57. The van der Waals surface area contributed by atoms with Crippen LogP contribution in [0.25, 0.3) is 0 Å². The lowest BCUT2D eigenvalue weighted by molar-refractivity contribution is 0.457. The van der Waals surface area contributed by atoms with Crippen LogP contribution >= 0.6 is 12.6 Å². The van der Waals surface area contributed by atoms with Crippen LogP contribution in [0.5, 0.6) is 0 Å². The third kappa shape index (κ3) is 6.15. The first kappa shape index (κ1) is 7.15. The van der Waals surface area contributed by atoms with Crippen LogP contribution in [0.15, 0.2) is 0 Å². The molecule has 0 aliphatic rings. The van der Waals surface area contributed by atoms with Crippen molar-refractivity contribution < 1.29 is 4.43 Å². The molecule has 0 saturated heterocycles. The third-order valence-electron chi connectivity index (χ3n) is 0.411. The Labute approximate surface area is 51.7 Å². The number of hydrogen-bond acceptors (Lipinski definition) is 2. The molecule has 0 N–H and O–H groups in total. The predicted octanol–water partition coefficient (Wildman–Crippen LogP) is 0.531. The van der Waals surface area contributed by atoms with E-state index in [1.807, 2.05) is 0 Å². The highest BCUT2D eigenvalue weighted by Gasteiger charge is 1.66. The SMILES string of the molecule is CO[Si]#CCCS. The van der Waals surface area contributed by atoms with Gasteiger partial charge in [0.15, 0.2) is 0 Å². The Morgan fingerprint density at radius 3 is 3.00 bits per heavy atom. The monoisotopic (exact) mass is 132 g/mol. The molecule has 0 aliphatic heterocycles. The molecule has 0 aliphatic carbocycles. The van der Waals surface area contributed by atoms with E-state index in [0.717, 1.165) is 12.2 Å². The van der Waals surface area contributed by atoms with Gasteiger partial charge in [-0.15, -0.1) is 5.50 Å². The van der Waals surface area contributed by atoms with Gasteiger partial charge in [-0.3, -0.25) is 0 Å². The fourth-order valence-electron chi connectivity index (χ4n) is 0.179. The summed E-state index contributed by atoms with van der Waals surface area (Å²) in [6.07, 6.45) is 0.926. The van der Waals surface area contributed by atoms with Crippen molar-refractivity contribution in [1.29, 1.82) is 0 Å². The zero-order chi connectivity index (χ0) is 5.54. The molecular weight excluding hydrogens is 124 g/mol. The van der Waals surface area contributed by atoms with Gasteiger partial charge in [0.25, 0.3) is 0 Å². The molecule has 0 atom stereocenters. The molecular formula is C4H8OSSi. The largest absolute Gasteiger partial charge is 0.508 e. The van der Waals surface area contributed by atoms with Crippen molar-refractivity contribution >= 4 is 21.8 Å². The van der Waals surface area contributed by atoms with Crippen LogP contribution < -0.4 is 0 Å². The Morgan fingerprint density at radius 1 is 1.86 bits per heavy atom. The molecule has 0 aromatic rings. The van der Waals surface area contributed by atoms with Crippen molar-refractivity contribution in [3.8, 4) is 5.50 Å². The van der Waals surface area contributed by atoms with E-state index in [1.54, 1.807) is 7.11 Å². The average Bonchev–Trinajstić information content (AvgIpc) is 1.69. The summed E-state index contributed by atoms with van der Waals surface area (Å²) in [5.74, 6) is 0.871. The van der Waals surface area contributed by atoms with E-state index in [0.29, 0.717) is 9.20 Å². The molecule has 0 unspecified atom stereocenters. The second-order valence-corrected chi connectivity index (χ2v) is 2.37. The predicted molar refractivity (Wildman–Crippen MR) is 35.1 cm³/mol. The maximum Gasteiger partial charge on any atom is 0.243 e. The lowest BCUT2D eigenvalue weighted by Gasteiger charge is -1.76. The third-order valence-corrected chi connectivity index (χ3v) is 1.23. The summed E-state index contributed by atoms with van der Waals surface area (Å²) >= 11 is 3.98. The smallest absolute Gasteiger partial charge is 0.243 e. The Kier molecular flexibility index (Phi) is 6.28. The van der Waals surface area contributed by atoms with Crippen LogP contribution in [-0.4, -0.2) is 22.1 Å². The minimum absolute atomic E-state index is 0.423. The fraction of sp³-hybridized carbons (Fsp3) is 0.750. The fourth-order valence-corrected chi connectivity index (χ4v) is 0.873. The minimum Gasteiger partial charge on any atom is -0.508 e. The standard InChI is InChI=1S/C4H8OSSi/c1-5-7-4-2-3-6/h6H,2-3H2,1H3. The molecule has 40 valence electrons. The molecule has 0 aromatic heterocycles. The topological polar surface area (TPSA) is 9.23 Å². The van der Waals surface area contributed by atoms with Crippen molar-refractivity contribution in [2.75, 3.05) is 12.9 Å². The summed E-state index contributed by atoms with van der Waals surface area (Å²) in [6.45, 7) is 0. The molecule has 0 rings (SSSR count). The second-order valence-electron chi connectivity index (χ2n) is 0.957. The molecule has 0 radical (unpaired) electrons. The zero-order valence-corrected chi connectivity index (χ0v) is 6.16. The van der Waals surface area contributed by atoms with Gasteiger partial charge in [-0.1, -0.05) is 0 Å². The molecule has 1 nitrogen and oxygen atoms in total. The maximum atomic E-state index is 4.73. The Balaban J connectivity index is 2.91. The van der Waals surface area contributed by atoms with Gasteiger partial charge in [0.2, 0.25) is 9.20 Å². The first-order chi connectivity index (χ1) is 3.41. The normalized spacial score (nSPS) is 6.57. The van der Waals surface area contributed by atoms with E-state index in [1.165, 1.54) is 0 Å². The van der Waals surface area contributed by atoms with Gasteiger partial charge >= 0.3 is 0 Å². The summed E-state index contributed by atoms with van der Waals surface area (Å²) in [5, 5.41) is 0. The van der Waals surface area contributed by atoms with Gasteiger partial charge in [0.05, 0.1) is 7.11 Å². The van der Waals surface area contributed by atoms with Gasteiger partial charge in [0, 0.05) is 12.2 Å². The highest BCUT2D eigenvalue weighted by atomic mass is 32.1. The van der Waals surface area contributed by atoms with Gasteiger partial charge in [0.1, 0.15) is 0 Å². The summed E-state index contributed by atoms with van der Waals surface area (Å²) in [6, 6.07) is 0. The van der Waals surface area contributed by atoms with Crippen LogP contribution in [0.3, 0.4) is 0 Å². The van der Waals surface area contributed by atoms with E-state index < -0.39 is 0 Å². The van der Waals surface area contributed by atoms with Crippen molar-refractivity contribution in [3.05, 3.63) is 0 Å². The van der Waals surface area contributed by atoms with Gasteiger partial charge in [-0.05, 0) is 0 Å². The number of hydrogen-bond donors (Lipinski definition) is 1. The Bertz CT molecular complexity index is 83.4. The van der Waals surface area contributed by atoms with Crippen LogP contribution in [0.2, 0.25) is 0 Å². The quantitative estimate of drug-likeness (QED) is 0.404. The molecule has 0 amide bonds. The van der Waals surface area contributed by atoms with Crippen LogP contribution in [0.4, 0.5) is 0 Å². The van der Waals surface area contributed by atoms with E-state index in [4.69, 9.17) is 4.43 Å². The molecule has 0 spiro atoms. The lowest BCUT2D eigenvalue weighted by Crippen LogP contribution is -1.76. The van der Waals surface area contributed by atoms with Crippen molar-refractivity contribution in [2.24, 2.45) is 0 Å². The maximum absolute atomic E-state index is 4.73. The molecule has 3 heteroatoms. The Hall–Kier alpha value is 0.147. The van der Waals surface area contributed by atoms with Crippen LogP contribution in [0, 0.1) is 5.50 Å². The van der Waals surface area contributed by atoms with Gasteiger partial charge in [-0.2, -0.15) is 12.6 Å². The highest BCUT2D eigenvalue weighted by molar-refractivity contribution is 7.80. The van der Waals surface area contributed by atoms with Gasteiger partial charge < -0.3 is 4.43 Å². The highest BCUT2D eigenvalue weighted by Crippen LogP contribution is 1.76. The van der Waals surface area contributed by atoms with Crippen molar-refractivity contribution in [1.82, 2.24) is 0 Å².